The smallest absolute Gasteiger partial charge is 0.202 e. The molecule has 0 aromatic heterocycles. The number of phenolic OH excluding ortho intramolecular Hbond substituents is 1. The summed E-state index contributed by atoms with van der Waals surface area (Å²) in [6.07, 6.45) is 2.64. The van der Waals surface area contributed by atoms with Crippen LogP contribution in [0.1, 0.15) is 63.1 Å². The first-order chi connectivity index (χ1) is 16.8. The van der Waals surface area contributed by atoms with Crippen molar-refractivity contribution in [3.8, 4) is 5.75 Å². The molecule has 0 saturated heterocycles. The minimum atomic E-state index is -2.47. The number of fused-ring (bicyclic) bond motifs is 3. The third kappa shape index (κ3) is 3.82. The van der Waals surface area contributed by atoms with E-state index in [9.17, 15) is 34.8 Å². The van der Waals surface area contributed by atoms with Crippen LogP contribution < -0.4 is 4.90 Å². The molecule has 4 rings (SSSR count). The van der Waals surface area contributed by atoms with Gasteiger partial charge in [-0.25, -0.2) is 0 Å². The summed E-state index contributed by atoms with van der Waals surface area (Å²) >= 11 is 0. The number of rotatable bonds is 6. The van der Waals surface area contributed by atoms with Gasteiger partial charge in [-0.05, 0) is 61.6 Å². The van der Waals surface area contributed by atoms with Crippen LogP contribution >= 0.6 is 0 Å². The molecule has 1 saturated carbocycles. The zero-order valence-electron chi connectivity index (χ0n) is 21.5. The van der Waals surface area contributed by atoms with Gasteiger partial charge in [-0.1, -0.05) is 20.3 Å². The Hall–Kier alpha value is -3.13. The maximum absolute atomic E-state index is 13.7. The van der Waals surface area contributed by atoms with Crippen molar-refractivity contribution in [2.45, 2.75) is 64.9 Å². The summed E-state index contributed by atoms with van der Waals surface area (Å²) in [4.78, 5) is 40.2. The van der Waals surface area contributed by atoms with E-state index in [-0.39, 0.29) is 29.7 Å². The molecule has 8 heteroatoms. The number of ketones is 3. The number of aromatic hydroxyl groups is 1. The average Bonchev–Trinajstić information content (AvgIpc) is 2.77. The van der Waals surface area contributed by atoms with Crippen LogP contribution in [0.25, 0.3) is 5.76 Å². The predicted octanol–water partition coefficient (Wildman–Crippen LogP) is 3.57. The van der Waals surface area contributed by atoms with E-state index in [0.717, 1.165) is 25.5 Å². The summed E-state index contributed by atoms with van der Waals surface area (Å²) in [6.45, 7) is 5.35. The SMILES string of the molecule is CC(=O)C1=C(O)C2(O)C(=O)C3=C(O)c4c(O)c(CCCC(C)C)cc(N(C)C)c4CC3CC2CC1=O. The number of nitrogens with zero attached hydrogens (tertiary/aromatic N) is 1. The van der Waals surface area contributed by atoms with Crippen molar-refractivity contribution in [1.29, 1.82) is 0 Å². The Morgan fingerprint density at radius 1 is 1.17 bits per heavy atom. The number of hydrogen-bond acceptors (Lipinski definition) is 8. The van der Waals surface area contributed by atoms with E-state index < -0.39 is 51.9 Å². The van der Waals surface area contributed by atoms with Gasteiger partial charge >= 0.3 is 0 Å². The first-order valence-corrected chi connectivity index (χ1v) is 12.5. The van der Waals surface area contributed by atoms with E-state index in [1.165, 1.54) is 0 Å². The van der Waals surface area contributed by atoms with Gasteiger partial charge < -0.3 is 25.3 Å². The fraction of sp³-hybridized carbons (Fsp3) is 0.536. The van der Waals surface area contributed by atoms with Gasteiger partial charge in [0.2, 0.25) is 5.78 Å². The Bertz CT molecular complexity index is 1220. The topological polar surface area (TPSA) is 135 Å². The molecular weight excluding hydrogens is 462 g/mol. The van der Waals surface area contributed by atoms with Gasteiger partial charge in [0.15, 0.2) is 17.2 Å². The zero-order valence-corrected chi connectivity index (χ0v) is 21.5. The predicted molar refractivity (Wildman–Crippen MR) is 135 cm³/mol. The lowest BCUT2D eigenvalue weighted by Gasteiger charge is -2.46. The second-order valence-corrected chi connectivity index (χ2v) is 11.0. The summed E-state index contributed by atoms with van der Waals surface area (Å²) in [5.74, 6) is -4.64. The van der Waals surface area contributed by atoms with Crippen LogP contribution in [0.2, 0.25) is 0 Å². The molecule has 0 bridgehead atoms. The molecule has 8 nitrogen and oxygen atoms in total. The van der Waals surface area contributed by atoms with E-state index in [2.05, 4.69) is 13.8 Å². The lowest BCUT2D eigenvalue weighted by molar-refractivity contribution is -0.147. The molecule has 0 aliphatic heterocycles. The van der Waals surface area contributed by atoms with Crippen molar-refractivity contribution in [2.24, 2.45) is 17.8 Å². The van der Waals surface area contributed by atoms with Crippen LogP contribution in [0.15, 0.2) is 23.0 Å². The minimum Gasteiger partial charge on any atom is -0.508 e. The lowest BCUT2D eigenvalue weighted by Crippen LogP contribution is -2.57. The van der Waals surface area contributed by atoms with Gasteiger partial charge in [-0.15, -0.1) is 0 Å². The molecule has 1 fully saturated rings. The highest BCUT2D eigenvalue weighted by atomic mass is 16.3. The van der Waals surface area contributed by atoms with Crippen molar-refractivity contribution < 1.29 is 34.8 Å². The van der Waals surface area contributed by atoms with Gasteiger partial charge in [0.05, 0.1) is 5.56 Å². The normalized spacial score (nSPS) is 25.6. The molecule has 3 atom stereocenters. The van der Waals surface area contributed by atoms with E-state index in [4.69, 9.17) is 0 Å². The highest BCUT2D eigenvalue weighted by molar-refractivity contribution is 6.23. The van der Waals surface area contributed by atoms with Gasteiger partial charge in [0, 0.05) is 37.7 Å². The fourth-order valence-corrected chi connectivity index (χ4v) is 6.12. The van der Waals surface area contributed by atoms with Crippen molar-refractivity contribution in [2.75, 3.05) is 19.0 Å². The van der Waals surface area contributed by atoms with E-state index >= 15 is 0 Å². The molecule has 0 radical (unpaired) electrons. The number of aliphatic hydroxyl groups is 3. The number of aryl methyl sites for hydroxylation is 1. The van der Waals surface area contributed by atoms with Crippen molar-refractivity contribution in [3.63, 3.8) is 0 Å². The highest BCUT2D eigenvalue weighted by Gasteiger charge is 2.60. The zero-order chi connectivity index (χ0) is 26.7. The number of hydrogen-bond donors (Lipinski definition) is 4. The molecule has 0 spiro atoms. The molecule has 3 aliphatic carbocycles. The second kappa shape index (κ2) is 9.07. The highest BCUT2D eigenvalue weighted by Crippen LogP contribution is 2.53. The lowest BCUT2D eigenvalue weighted by atomic mass is 9.59. The quantitative estimate of drug-likeness (QED) is 0.438. The van der Waals surface area contributed by atoms with Gasteiger partial charge in [0.1, 0.15) is 22.8 Å². The molecule has 4 N–H and O–H groups in total. The number of Topliss-reactive ketones (excluding diaryl/α,β-unsaturated/α-hetero) is 3. The van der Waals surface area contributed by atoms with E-state index in [0.29, 0.717) is 29.9 Å². The molecule has 1 aromatic carbocycles. The number of aliphatic hydroxyl groups excluding tert-OH is 2. The maximum atomic E-state index is 13.7. The number of carbonyl (C=O) groups is 3. The molecule has 0 amide bonds. The number of carbonyl (C=O) groups excluding carboxylic acids is 3. The van der Waals surface area contributed by atoms with E-state index in [1.54, 1.807) is 0 Å². The average molecular weight is 498 g/mol. The first-order valence-electron chi connectivity index (χ1n) is 12.5. The third-order valence-electron chi connectivity index (χ3n) is 7.93. The summed E-state index contributed by atoms with van der Waals surface area (Å²) in [6, 6.07) is 1.92. The van der Waals surface area contributed by atoms with Gasteiger partial charge in [-0.2, -0.15) is 0 Å². The number of allylic oxidation sites excluding steroid dienone is 1. The molecule has 1 aromatic rings. The first kappa shape index (κ1) is 25.9. The standard InChI is InChI=1S/C28H35NO7/c1-13(2)7-6-8-15-11-19(29(4)5)18-10-16-9-17-12-20(31)21(14(3)30)26(34)28(17,36)27(35)22(16)25(33)23(18)24(15)32/h11,13,16-17,32-34,36H,6-10,12H2,1-5H3. The summed E-state index contributed by atoms with van der Waals surface area (Å²) in [5, 5.41) is 44.8. The Labute approximate surface area is 210 Å². The van der Waals surface area contributed by atoms with Crippen molar-refractivity contribution in [1.82, 2.24) is 0 Å². The molecule has 194 valence electrons. The monoisotopic (exact) mass is 497 g/mol. The van der Waals surface area contributed by atoms with Crippen LogP contribution in [0.4, 0.5) is 5.69 Å². The molecule has 3 aliphatic rings. The maximum Gasteiger partial charge on any atom is 0.202 e. The Kier molecular flexibility index (Phi) is 6.54. The number of anilines is 1. The summed E-state index contributed by atoms with van der Waals surface area (Å²) < 4.78 is 0. The van der Waals surface area contributed by atoms with Gasteiger partial charge in [0.25, 0.3) is 0 Å². The fourth-order valence-electron chi connectivity index (χ4n) is 6.12. The Morgan fingerprint density at radius 3 is 2.42 bits per heavy atom. The largest absolute Gasteiger partial charge is 0.508 e. The van der Waals surface area contributed by atoms with E-state index in [1.807, 2.05) is 25.1 Å². The minimum absolute atomic E-state index is 0.0793. The van der Waals surface area contributed by atoms with Crippen molar-refractivity contribution in [3.05, 3.63) is 39.7 Å². The van der Waals surface area contributed by atoms with Crippen LogP contribution in [0.5, 0.6) is 5.75 Å². The van der Waals surface area contributed by atoms with Crippen molar-refractivity contribution >= 4 is 28.8 Å². The van der Waals surface area contributed by atoms with Gasteiger partial charge in [-0.3, -0.25) is 14.4 Å². The van der Waals surface area contributed by atoms with Crippen LogP contribution in [-0.2, 0) is 27.2 Å². The summed E-state index contributed by atoms with van der Waals surface area (Å²) in [7, 11) is 3.75. The molecular formula is C28H35NO7. The van der Waals surface area contributed by atoms with Crippen LogP contribution in [-0.4, -0.2) is 57.5 Å². The van der Waals surface area contributed by atoms with Crippen LogP contribution in [0, 0.1) is 17.8 Å². The number of benzene rings is 1. The molecule has 0 heterocycles. The Morgan fingerprint density at radius 2 is 1.83 bits per heavy atom. The molecule has 3 unspecified atom stereocenters. The third-order valence-corrected chi connectivity index (χ3v) is 7.93. The van der Waals surface area contributed by atoms with Crippen LogP contribution in [0.3, 0.4) is 0 Å². The number of phenols is 1. The molecule has 36 heavy (non-hydrogen) atoms. The second-order valence-electron chi connectivity index (χ2n) is 11.0. The Balaban J connectivity index is 1.88. The summed E-state index contributed by atoms with van der Waals surface area (Å²) in [5.41, 5.74) is -0.769.